The van der Waals surface area contributed by atoms with Gasteiger partial charge < -0.3 is 4.42 Å². The van der Waals surface area contributed by atoms with Crippen molar-refractivity contribution >= 4 is 21.6 Å². The SMILES string of the molecule is Cc1cnc(-c2nnc(C3CCN(S(=O)(=O)c4cccc(Cl)c4)C3)o2)cn1. The van der Waals surface area contributed by atoms with Crippen LogP contribution >= 0.6 is 11.6 Å². The summed E-state index contributed by atoms with van der Waals surface area (Å²) in [6.45, 7) is 2.49. The Labute approximate surface area is 161 Å². The highest BCUT2D eigenvalue weighted by atomic mass is 35.5. The third kappa shape index (κ3) is 3.58. The summed E-state index contributed by atoms with van der Waals surface area (Å²) in [6, 6.07) is 6.25. The van der Waals surface area contributed by atoms with Gasteiger partial charge in [-0.05, 0) is 31.5 Å². The Bertz CT molecular complexity index is 1070. The van der Waals surface area contributed by atoms with Crippen LogP contribution in [0.4, 0.5) is 0 Å². The van der Waals surface area contributed by atoms with Gasteiger partial charge >= 0.3 is 0 Å². The fourth-order valence-electron chi connectivity index (χ4n) is 2.93. The molecule has 0 saturated carbocycles. The van der Waals surface area contributed by atoms with Crippen molar-refractivity contribution in [3.05, 3.63) is 53.3 Å². The minimum absolute atomic E-state index is 0.168. The highest BCUT2D eigenvalue weighted by Gasteiger charge is 2.36. The molecule has 0 N–H and O–H groups in total. The average Bonchev–Trinajstić information content (AvgIpc) is 3.32. The van der Waals surface area contributed by atoms with Gasteiger partial charge in [-0.2, -0.15) is 4.31 Å². The fourth-order valence-corrected chi connectivity index (χ4v) is 4.73. The van der Waals surface area contributed by atoms with Gasteiger partial charge in [-0.1, -0.05) is 17.7 Å². The maximum absolute atomic E-state index is 12.8. The first kappa shape index (κ1) is 18.0. The topological polar surface area (TPSA) is 102 Å². The van der Waals surface area contributed by atoms with E-state index in [1.54, 1.807) is 24.5 Å². The summed E-state index contributed by atoms with van der Waals surface area (Å²) in [5.41, 5.74) is 1.27. The maximum Gasteiger partial charge on any atom is 0.267 e. The molecule has 10 heteroatoms. The number of benzene rings is 1. The Kier molecular flexibility index (Phi) is 4.67. The maximum atomic E-state index is 12.8. The highest BCUT2D eigenvalue weighted by Crippen LogP contribution is 2.32. The second kappa shape index (κ2) is 6.99. The van der Waals surface area contributed by atoms with Crippen LogP contribution < -0.4 is 0 Å². The Hall–Kier alpha value is -2.36. The molecule has 3 heterocycles. The molecule has 1 atom stereocenters. The van der Waals surface area contributed by atoms with Gasteiger partial charge in [-0.15, -0.1) is 10.2 Å². The van der Waals surface area contributed by atoms with E-state index in [0.29, 0.717) is 29.6 Å². The number of sulfonamides is 1. The Morgan fingerprint density at radius 2 is 2.07 bits per heavy atom. The molecule has 1 aromatic carbocycles. The number of rotatable bonds is 4. The van der Waals surface area contributed by atoms with Gasteiger partial charge in [0, 0.05) is 24.3 Å². The molecule has 0 bridgehead atoms. The van der Waals surface area contributed by atoms with Crippen molar-refractivity contribution in [2.45, 2.75) is 24.2 Å². The summed E-state index contributed by atoms with van der Waals surface area (Å²) >= 11 is 5.93. The molecule has 8 nitrogen and oxygen atoms in total. The van der Waals surface area contributed by atoms with Gasteiger partial charge in [0.25, 0.3) is 5.89 Å². The normalized spacial score (nSPS) is 18.1. The van der Waals surface area contributed by atoms with Crippen LogP contribution in [-0.4, -0.2) is 46.0 Å². The molecule has 2 aromatic heterocycles. The lowest BCUT2D eigenvalue weighted by Gasteiger charge is -2.16. The fraction of sp³-hybridized carbons (Fsp3) is 0.294. The molecular weight excluding hydrogens is 390 g/mol. The van der Waals surface area contributed by atoms with Gasteiger partial charge in [0.15, 0.2) is 0 Å². The highest BCUT2D eigenvalue weighted by molar-refractivity contribution is 7.89. The molecule has 0 aliphatic carbocycles. The van der Waals surface area contributed by atoms with E-state index in [2.05, 4.69) is 20.2 Å². The van der Waals surface area contributed by atoms with Crippen molar-refractivity contribution in [3.63, 3.8) is 0 Å². The second-order valence-corrected chi connectivity index (χ2v) is 8.67. The molecular formula is C17H16ClN5O3S. The number of aryl methyl sites for hydroxylation is 1. The van der Waals surface area contributed by atoms with Crippen molar-refractivity contribution in [1.29, 1.82) is 0 Å². The van der Waals surface area contributed by atoms with Crippen molar-refractivity contribution in [2.75, 3.05) is 13.1 Å². The van der Waals surface area contributed by atoms with Crippen LogP contribution in [0.25, 0.3) is 11.6 Å². The van der Waals surface area contributed by atoms with Crippen LogP contribution in [0, 0.1) is 6.92 Å². The zero-order valence-corrected chi connectivity index (χ0v) is 16.0. The minimum atomic E-state index is -3.62. The van der Waals surface area contributed by atoms with Crippen molar-refractivity contribution in [2.24, 2.45) is 0 Å². The van der Waals surface area contributed by atoms with Gasteiger partial charge in [0.05, 0.1) is 22.7 Å². The summed E-state index contributed by atoms with van der Waals surface area (Å²) in [6.07, 6.45) is 3.78. The van der Waals surface area contributed by atoms with Crippen LogP contribution in [0.2, 0.25) is 5.02 Å². The zero-order chi connectivity index (χ0) is 19.0. The van der Waals surface area contributed by atoms with E-state index >= 15 is 0 Å². The third-order valence-corrected chi connectivity index (χ3v) is 6.47. The van der Waals surface area contributed by atoms with E-state index < -0.39 is 10.0 Å². The van der Waals surface area contributed by atoms with E-state index in [1.807, 2.05) is 6.92 Å². The Morgan fingerprint density at radius 3 is 2.81 bits per heavy atom. The number of halogens is 1. The monoisotopic (exact) mass is 405 g/mol. The lowest BCUT2D eigenvalue weighted by Crippen LogP contribution is -2.28. The van der Waals surface area contributed by atoms with E-state index in [4.69, 9.17) is 16.0 Å². The minimum Gasteiger partial charge on any atom is -0.419 e. The van der Waals surface area contributed by atoms with Gasteiger partial charge in [0.2, 0.25) is 15.9 Å². The first-order valence-electron chi connectivity index (χ1n) is 8.31. The second-order valence-electron chi connectivity index (χ2n) is 6.29. The Morgan fingerprint density at radius 1 is 1.22 bits per heavy atom. The summed E-state index contributed by atoms with van der Waals surface area (Å²) in [5, 5.41) is 8.47. The Balaban J connectivity index is 1.52. The van der Waals surface area contributed by atoms with Crippen LogP contribution in [0.5, 0.6) is 0 Å². The number of aromatic nitrogens is 4. The molecule has 1 fully saturated rings. The molecule has 3 aromatic rings. The molecule has 27 heavy (non-hydrogen) atoms. The molecule has 0 spiro atoms. The van der Waals surface area contributed by atoms with Crippen molar-refractivity contribution in [3.8, 4) is 11.6 Å². The van der Waals surface area contributed by atoms with Crippen LogP contribution in [0.15, 0.2) is 46.0 Å². The first-order valence-corrected chi connectivity index (χ1v) is 10.1. The molecule has 1 saturated heterocycles. The average molecular weight is 406 g/mol. The summed E-state index contributed by atoms with van der Waals surface area (Å²) < 4.78 is 32.7. The summed E-state index contributed by atoms with van der Waals surface area (Å²) in [7, 11) is -3.62. The van der Waals surface area contributed by atoms with Gasteiger partial charge in [0.1, 0.15) is 5.69 Å². The number of hydrogen-bond donors (Lipinski definition) is 0. The molecule has 1 aliphatic heterocycles. The predicted octanol–water partition coefficient (Wildman–Crippen LogP) is 2.67. The van der Waals surface area contributed by atoms with E-state index in [-0.39, 0.29) is 23.2 Å². The predicted molar refractivity (Wildman–Crippen MR) is 97.6 cm³/mol. The molecule has 1 aliphatic rings. The van der Waals surface area contributed by atoms with Gasteiger partial charge in [-0.3, -0.25) is 4.98 Å². The molecule has 4 rings (SSSR count). The van der Waals surface area contributed by atoms with Crippen molar-refractivity contribution < 1.29 is 12.8 Å². The van der Waals surface area contributed by atoms with Crippen LogP contribution in [-0.2, 0) is 10.0 Å². The first-order chi connectivity index (χ1) is 12.9. The zero-order valence-electron chi connectivity index (χ0n) is 14.4. The smallest absolute Gasteiger partial charge is 0.267 e. The van der Waals surface area contributed by atoms with Crippen LogP contribution in [0.1, 0.15) is 23.9 Å². The number of hydrogen-bond acceptors (Lipinski definition) is 7. The summed E-state index contributed by atoms with van der Waals surface area (Å²) in [4.78, 5) is 8.55. The lowest BCUT2D eigenvalue weighted by molar-refractivity contribution is 0.439. The quantitative estimate of drug-likeness (QED) is 0.657. The van der Waals surface area contributed by atoms with Gasteiger partial charge in [-0.25, -0.2) is 13.4 Å². The molecule has 0 amide bonds. The standard InChI is InChI=1S/C17H16ClN5O3S/c1-11-8-20-15(9-19-11)17-22-21-16(26-17)12-5-6-23(10-12)27(24,25)14-4-2-3-13(18)7-14/h2-4,7-9,12H,5-6,10H2,1H3. The van der Waals surface area contributed by atoms with E-state index in [9.17, 15) is 8.42 Å². The van der Waals surface area contributed by atoms with Crippen LogP contribution in [0.3, 0.4) is 0 Å². The lowest BCUT2D eigenvalue weighted by atomic mass is 10.1. The molecule has 140 valence electrons. The molecule has 1 unspecified atom stereocenters. The summed E-state index contributed by atoms with van der Waals surface area (Å²) in [5.74, 6) is 0.503. The van der Waals surface area contributed by atoms with E-state index in [1.165, 1.54) is 16.4 Å². The third-order valence-electron chi connectivity index (χ3n) is 4.37. The molecule has 0 radical (unpaired) electrons. The van der Waals surface area contributed by atoms with E-state index in [0.717, 1.165) is 5.69 Å². The largest absolute Gasteiger partial charge is 0.419 e. The number of nitrogens with zero attached hydrogens (tertiary/aromatic N) is 5. The van der Waals surface area contributed by atoms with Crippen molar-refractivity contribution in [1.82, 2.24) is 24.5 Å².